The van der Waals surface area contributed by atoms with Crippen molar-refractivity contribution in [1.29, 1.82) is 0 Å². The van der Waals surface area contributed by atoms with Crippen LogP contribution < -0.4 is 0 Å². The maximum atomic E-state index is 13.5. The molecule has 0 spiro atoms. The van der Waals surface area contributed by atoms with Crippen LogP contribution in [-0.4, -0.2) is 37.6 Å². The number of carbonyl (C=O) groups is 3. The molecule has 3 aromatic carbocycles. The molecule has 3 aromatic rings. The smallest absolute Gasteiger partial charge is 0.267 e. The van der Waals surface area contributed by atoms with Crippen LogP contribution in [0.15, 0.2) is 71.2 Å². The number of hydrogen-bond donors (Lipinski definition) is 0. The van der Waals surface area contributed by atoms with E-state index in [0.717, 1.165) is 21.6 Å². The van der Waals surface area contributed by atoms with Crippen molar-refractivity contribution in [2.75, 3.05) is 0 Å². The molecule has 0 atom stereocenters. The highest BCUT2D eigenvalue weighted by Crippen LogP contribution is 2.33. The van der Waals surface area contributed by atoms with Crippen molar-refractivity contribution in [2.24, 2.45) is 0 Å². The molecule has 1 heterocycles. The summed E-state index contributed by atoms with van der Waals surface area (Å²) in [4.78, 5) is 61.3. The van der Waals surface area contributed by atoms with E-state index in [9.17, 15) is 34.6 Å². The highest BCUT2D eigenvalue weighted by Gasteiger charge is 2.46. The summed E-state index contributed by atoms with van der Waals surface area (Å²) in [6.45, 7) is -0.308. The van der Waals surface area contributed by atoms with Crippen LogP contribution in [-0.2, 0) is 6.54 Å². The number of nitro benzene ring substituents is 2. The number of imide groups is 1. The average molecular weight is 525 g/mol. The Morgan fingerprint density at radius 2 is 1.47 bits per heavy atom. The van der Waals surface area contributed by atoms with Gasteiger partial charge in [-0.2, -0.15) is 5.01 Å². The van der Waals surface area contributed by atoms with Gasteiger partial charge in [0.1, 0.15) is 11.1 Å². The lowest BCUT2D eigenvalue weighted by atomic mass is 10.1. The second-order valence-electron chi connectivity index (χ2n) is 7.14. The lowest BCUT2D eigenvalue weighted by Crippen LogP contribution is -2.49. The van der Waals surface area contributed by atoms with Gasteiger partial charge in [-0.05, 0) is 29.8 Å². The molecular weight excluding hydrogens is 512 g/mol. The minimum Gasteiger partial charge on any atom is -0.267 e. The third kappa shape index (κ3) is 3.90. The van der Waals surface area contributed by atoms with Crippen LogP contribution in [0.25, 0.3) is 0 Å². The molecule has 0 saturated carbocycles. The molecular formula is C22H13BrN4O7. The van der Waals surface area contributed by atoms with E-state index in [1.165, 1.54) is 30.3 Å². The summed E-state index contributed by atoms with van der Waals surface area (Å²) in [6.07, 6.45) is 0. The van der Waals surface area contributed by atoms with Gasteiger partial charge in [-0.25, -0.2) is 5.01 Å². The number of halogens is 1. The van der Waals surface area contributed by atoms with E-state index in [4.69, 9.17) is 0 Å². The summed E-state index contributed by atoms with van der Waals surface area (Å²) in [5.41, 5.74) is -1.64. The second kappa shape index (κ2) is 8.83. The van der Waals surface area contributed by atoms with Crippen molar-refractivity contribution in [3.8, 4) is 0 Å². The monoisotopic (exact) mass is 524 g/mol. The number of fused-ring (bicyclic) bond motifs is 1. The molecule has 1 aliphatic heterocycles. The van der Waals surface area contributed by atoms with Crippen molar-refractivity contribution < 1.29 is 24.2 Å². The van der Waals surface area contributed by atoms with E-state index in [-0.39, 0.29) is 17.7 Å². The van der Waals surface area contributed by atoms with E-state index in [2.05, 4.69) is 15.9 Å². The number of nitro groups is 2. The number of benzene rings is 3. The molecule has 0 radical (unpaired) electrons. The first kappa shape index (κ1) is 22.7. The zero-order valence-electron chi connectivity index (χ0n) is 17.1. The second-order valence-corrected chi connectivity index (χ2v) is 8.06. The minimum atomic E-state index is -1.07. The molecule has 170 valence electrons. The Kier molecular flexibility index (Phi) is 5.90. The van der Waals surface area contributed by atoms with Gasteiger partial charge in [0.05, 0.1) is 22.0 Å². The average Bonchev–Trinajstić information content (AvgIpc) is 3.08. The number of hydrogen-bond acceptors (Lipinski definition) is 7. The Bertz CT molecular complexity index is 1370. The Labute approximate surface area is 199 Å². The fourth-order valence-electron chi connectivity index (χ4n) is 3.58. The largest absolute Gasteiger partial charge is 0.287 e. The first-order valence-electron chi connectivity index (χ1n) is 9.66. The summed E-state index contributed by atoms with van der Waals surface area (Å²) >= 11 is 3.29. The Morgan fingerprint density at radius 3 is 2.12 bits per heavy atom. The van der Waals surface area contributed by atoms with Gasteiger partial charge in [0, 0.05) is 16.6 Å². The van der Waals surface area contributed by atoms with Gasteiger partial charge in [-0.1, -0.05) is 46.3 Å². The highest BCUT2D eigenvalue weighted by atomic mass is 79.9. The molecule has 0 unspecified atom stereocenters. The quantitative estimate of drug-likeness (QED) is 0.268. The maximum Gasteiger partial charge on any atom is 0.287 e. The van der Waals surface area contributed by atoms with Crippen LogP contribution in [0.1, 0.15) is 36.6 Å². The van der Waals surface area contributed by atoms with Crippen molar-refractivity contribution in [2.45, 2.75) is 6.54 Å². The number of rotatable bonds is 6. The number of carbonyl (C=O) groups excluding carboxylic acids is 3. The molecule has 11 nitrogen and oxygen atoms in total. The highest BCUT2D eigenvalue weighted by molar-refractivity contribution is 9.10. The molecule has 0 fully saturated rings. The van der Waals surface area contributed by atoms with Gasteiger partial charge in [0.25, 0.3) is 29.1 Å². The van der Waals surface area contributed by atoms with E-state index >= 15 is 0 Å². The van der Waals surface area contributed by atoms with Crippen LogP contribution in [0.2, 0.25) is 0 Å². The normalized spacial score (nSPS) is 12.4. The van der Waals surface area contributed by atoms with Crippen molar-refractivity contribution in [3.63, 3.8) is 0 Å². The van der Waals surface area contributed by atoms with Crippen LogP contribution in [0.5, 0.6) is 0 Å². The number of amides is 3. The van der Waals surface area contributed by atoms with Gasteiger partial charge in [0.15, 0.2) is 0 Å². The number of hydrazine groups is 1. The predicted octanol–water partition coefficient (Wildman–Crippen LogP) is 4.12. The van der Waals surface area contributed by atoms with Gasteiger partial charge in [0.2, 0.25) is 0 Å². The molecule has 0 aliphatic carbocycles. The first-order valence-corrected chi connectivity index (χ1v) is 10.5. The molecule has 34 heavy (non-hydrogen) atoms. The predicted molar refractivity (Wildman–Crippen MR) is 121 cm³/mol. The molecule has 0 bridgehead atoms. The van der Waals surface area contributed by atoms with E-state index in [1.54, 1.807) is 24.3 Å². The van der Waals surface area contributed by atoms with Crippen molar-refractivity contribution in [1.82, 2.24) is 10.0 Å². The topological polar surface area (TPSA) is 144 Å². The van der Waals surface area contributed by atoms with Crippen molar-refractivity contribution >= 4 is 45.0 Å². The molecule has 1 aliphatic rings. The van der Waals surface area contributed by atoms with Gasteiger partial charge < -0.3 is 0 Å². The molecule has 0 aromatic heterocycles. The minimum absolute atomic E-state index is 0.240. The zero-order chi connectivity index (χ0) is 24.6. The molecule has 0 N–H and O–H groups in total. The summed E-state index contributed by atoms with van der Waals surface area (Å²) in [7, 11) is 0. The fourth-order valence-corrected chi connectivity index (χ4v) is 3.84. The summed E-state index contributed by atoms with van der Waals surface area (Å²) in [6, 6.07) is 15.3. The SMILES string of the molecule is O=C(c1ccccc1[N+](=O)[O-])N(Cc1ccc(Br)cc1)N1C(=O)c2cccc([N+](=O)[O-])c2C1=O. The number of para-hydroxylation sites is 1. The lowest BCUT2D eigenvalue weighted by Gasteiger charge is -2.30. The van der Waals surface area contributed by atoms with Gasteiger partial charge in [-0.3, -0.25) is 34.6 Å². The third-order valence-corrected chi connectivity index (χ3v) is 5.65. The van der Waals surface area contributed by atoms with E-state index in [0.29, 0.717) is 10.6 Å². The first-order chi connectivity index (χ1) is 16.2. The molecule has 4 rings (SSSR count). The Balaban J connectivity index is 1.84. The Morgan fingerprint density at radius 1 is 0.853 bits per heavy atom. The zero-order valence-corrected chi connectivity index (χ0v) is 18.7. The summed E-state index contributed by atoms with van der Waals surface area (Å²) < 4.78 is 0.740. The molecule has 3 amide bonds. The molecule has 0 saturated heterocycles. The van der Waals surface area contributed by atoms with Crippen molar-refractivity contribution in [3.05, 3.63) is 114 Å². The van der Waals surface area contributed by atoms with Crippen LogP contribution >= 0.6 is 15.9 Å². The third-order valence-electron chi connectivity index (χ3n) is 5.12. The van der Waals surface area contributed by atoms with Crippen LogP contribution in [0, 0.1) is 20.2 Å². The van der Waals surface area contributed by atoms with Crippen LogP contribution in [0.4, 0.5) is 11.4 Å². The maximum absolute atomic E-state index is 13.5. The molecule has 12 heteroatoms. The van der Waals surface area contributed by atoms with E-state index < -0.39 is 44.5 Å². The van der Waals surface area contributed by atoms with E-state index in [1.807, 2.05) is 0 Å². The lowest BCUT2D eigenvalue weighted by molar-refractivity contribution is -0.385. The van der Waals surface area contributed by atoms with Crippen LogP contribution in [0.3, 0.4) is 0 Å². The summed E-state index contributed by atoms with van der Waals surface area (Å²) in [5.74, 6) is -3.02. The standard InChI is InChI=1S/C22H13BrN4O7/c23-14-10-8-13(9-11-14)12-24(20(28)15-4-1-2-6-17(15)26(31)32)25-21(29)16-5-3-7-18(27(33)34)19(16)22(25)30/h1-11H,12H2. The Hall–Kier alpha value is -4.45. The summed E-state index contributed by atoms with van der Waals surface area (Å²) in [5, 5.41) is 24.2. The van der Waals surface area contributed by atoms with Gasteiger partial charge in [-0.15, -0.1) is 0 Å². The fraction of sp³-hybridized carbons (Fsp3) is 0.0455. The van der Waals surface area contributed by atoms with Gasteiger partial charge >= 0.3 is 0 Å². The number of nitrogens with zero attached hydrogens (tertiary/aromatic N) is 4.